The first-order valence-electron chi connectivity index (χ1n) is 5.73. The molecular formula is C11H21NO2. The van der Waals surface area contributed by atoms with Crippen LogP contribution in [0.15, 0.2) is 0 Å². The van der Waals surface area contributed by atoms with Gasteiger partial charge in [0.05, 0.1) is 5.60 Å². The van der Waals surface area contributed by atoms with Crippen LogP contribution in [0.25, 0.3) is 0 Å². The van der Waals surface area contributed by atoms with E-state index in [0.29, 0.717) is 19.8 Å². The topological polar surface area (TPSA) is 55.5 Å². The van der Waals surface area contributed by atoms with Gasteiger partial charge in [-0.3, -0.25) is 0 Å². The summed E-state index contributed by atoms with van der Waals surface area (Å²) in [7, 11) is 0. The van der Waals surface area contributed by atoms with Crippen molar-refractivity contribution in [3.05, 3.63) is 0 Å². The molecule has 0 radical (unpaired) electrons. The summed E-state index contributed by atoms with van der Waals surface area (Å²) < 4.78 is 5.31. The van der Waals surface area contributed by atoms with Crippen molar-refractivity contribution in [1.82, 2.24) is 0 Å². The Bertz CT molecular complexity index is 193. The Labute approximate surface area is 85.6 Å². The molecule has 1 saturated carbocycles. The number of ether oxygens (including phenoxy) is 1. The Balaban J connectivity index is 2.15. The molecule has 3 heteroatoms. The van der Waals surface area contributed by atoms with Gasteiger partial charge in [-0.05, 0) is 12.8 Å². The quantitative estimate of drug-likeness (QED) is 0.699. The van der Waals surface area contributed by atoms with Gasteiger partial charge in [0, 0.05) is 38.0 Å². The van der Waals surface area contributed by atoms with Crippen LogP contribution < -0.4 is 5.73 Å². The third kappa shape index (κ3) is 1.47. The zero-order chi connectivity index (χ0) is 10.1. The van der Waals surface area contributed by atoms with E-state index in [1.807, 2.05) is 0 Å². The van der Waals surface area contributed by atoms with Crippen molar-refractivity contribution in [2.75, 3.05) is 19.8 Å². The van der Waals surface area contributed by atoms with Gasteiger partial charge in [-0.2, -0.15) is 0 Å². The summed E-state index contributed by atoms with van der Waals surface area (Å²) in [4.78, 5) is 0. The molecule has 1 aliphatic carbocycles. The Morgan fingerprint density at radius 3 is 2.14 bits per heavy atom. The van der Waals surface area contributed by atoms with Crippen LogP contribution in [0.4, 0.5) is 0 Å². The summed E-state index contributed by atoms with van der Waals surface area (Å²) in [5.74, 6) is 0. The zero-order valence-corrected chi connectivity index (χ0v) is 8.80. The second-order valence-corrected chi connectivity index (χ2v) is 4.84. The second kappa shape index (κ2) is 3.80. The number of hydrogen-bond acceptors (Lipinski definition) is 3. The maximum absolute atomic E-state index is 10.7. The normalized spacial score (nSPS) is 30.4. The van der Waals surface area contributed by atoms with Crippen LogP contribution in [0.3, 0.4) is 0 Å². The van der Waals surface area contributed by atoms with Crippen molar-refractivity contribution < 1.29 is 9.84 Å². The van der Waals surface area contributed by atoms with Crippen LogP contribution in [0, 0.1) is 5.41 Å². The lowest BCUT2D eigenvalue weighted by Crippen LogP contribution is -2.54. The summed E-state index contributed by atoms with van der Waals surface area (Å²) in [6.07, 6.45) is 6.18. The molecule has 0 spiro atoms. The minimum absolute atomic E-state index is 0.00319. The molecule has 0 aromatic heterocycles. The van der Waals surface area contributed by atoms with Crippen LogP contribution >= 0.6 is 0 Å². The summed E-state index contributed by atoms with van der Waals surface area (Å²) in [6.45, 7) is 2.01. The molecule has 2 aliphatic rings. The van der Waals surface area contributed by atoms with E-state index in [4.69, 9.17) is 10.5 Å². The average molecular weight is 199 g/mol. The monoisotopic (exact) mass is 199 g/mol. The molecule has 0 unspecified atom stereocenters. The number of aliphatic hydroxyl groups is 1. The highest BCUT2D eigenvalue weighted by Crippen LogP contribution is 2.49. The van der Waals surface area contributed by atoms with Gasteiger partial charge >= 0.3 is 0 Å². The van der Waals surface area contributed by atoms with Gasteiger partial charge in [-0.1, -0.05) is 12.8 Å². The van der Waals surface area contributed by atoms with Crippen molar-refractivity contribution in [2.24, 2.45) is 11.1 Å². The van der Waals surface area contributed by atoms with Crippen molar-refractivity contribution >= 4 is 0 Å². The van der Waals surface area contributed by atoms with Gasteiger partial charge in [0.2, 0.25) is 0 Å². The predicted octanol–water partition coefficient (Wildman–Crippen LogP) is 1.05. The van der Waals surface area contributed by atoms with E-state index in [1.165, 1.54) is 12.8 Å². The van der Waals surface area contributed by atoms with E-state index < -0.39 is 5.60 Å². The fourth-order valence-electron chi connectivity index (χ4n) is 3.15. The lowest BCUT2D eigenvalue weighted by Gasteiger charge is -2.46. The molecule has 0 aromatic rings. The third-order valence-electron chi connectivity index (χ3n) is 4.26. The molecule has 3 N–H and O–H groups in total. The van der Waals surface area contributed by atoms with Crippen molar-refractivity contribution in [3.8, 4) is 0 Å². The molecule has 82 valence electrons. The molecule has 1 heterocycles. The van der Waals surface area contributed by atoms with E-state index >= 15 is 0 Å². The SMILES string of the molecule is NCC1(C2(O)CCOCC2)CCCC1. The van der Waals surface area contributed by atoms with Gasteiger partial charge in [0.15, 0.2) is 0 Å². The first-order valence-corrected chi connectivity index (χ1v) is 5.73. The molecule has 0 bridgehead atoms. The largest absolute Gasteiger partial charge is 0.389 e. The second-order valence-electron chi connectivity index (χ2n) is 4.84. The van der Waals surface area contributed by atoms with Crippen molar-refractivity contribution in [1.29, 1.82) is 0 Å². The van der Waals surface area contributed by atoms with Gasteiger partial charge in [-0.25, -0.2) is 0 Å². The lowest BCUT2D eigenvalue weighted by molar-refractivity contribution is -0.139. The zero-order valence-electron chi connectivity index (χ0n) is 8.80. The van der Waals surface area contributed by atoms with Crippen LogP contribution in [0.5, 0.6) is 0 Å². The molecular weight excluding hydrogens is 178 g/mol. The van der Waals surface area contributed by atoms with Crippen molar-refractivity contribution in [3.63, 3.8) is 0 Å². The summed E-state index contributed by atoms with van der Waals surface area (Å²) >= 11 is 0. The standard InChI is InChI=1S/C11H21NO2/c12-9-10(3-1-2-4-10)11(13)5-7-14-8-6-11/h13H,1-9,12H2. The number of nitrogens with two attached hydrogens (primary N) is 1. The smallest absolute Gasteiger partial charge is 0.0759 e. The van der Waals surface area contributed by atoms with Gasteiger partial charge < -0.3 is 15.6 Å². The van der Waals surface area contributed by atoms with Gasteiger partial charge in [0.1, 0.15) is 0 Å². The molecule has 1 saturated heterocycles. The number of rotatable bonds is 2. The van der Waals surface area contributed by atoms with Crippen LogP contribution in [0.2, 0.25) is 0 Å². The molecule has 3 nitrogen and oxygen atoms in total. The molecule has 2 rings (SSSR count). The van der Waals surface area contributed by atoms with E-state index in [2.05, 4.69) is 0 Å². The Hall–Kier alpha value is -0.120. The van der Waals surface area contributed by atoms with Gasteiger partial charge in [0.25, 0.3) is 0 Å². The average Bonchev–Trinajstić information content (AvgIpc) is 2.68. The van der Waals surface area contributed by atoms with Crippen molar-refractivity contribution in [2.45, 2.75) is 44.1 Å². The molecule has 2 fully saturated rings. The fraction of sp³-hybridized carbons (Fsp3) is 1.00. The molecule has 0 amide bonds. The van der Waals surface area contributed by atoms with E-state index in [1.54, 1.807) is 0 Å². The van der Waals surface area contributed by atoms with Crippen LogP contribution in [-0.2, 0) is 4.74 Å². The predicted molar refractivity (Wildman–Crippen MR) is 55.0 cm³/mol. The first-order chi connectivity index (χ1) is 6.72. The highest BCUT2D eigenvalue weighted by atomic mass is 16.5. The highest BCUT2D eigenvalue weighted by Gasteiger charge is 2.50. The summed E-state index contributed by atoms with van der Waals surface area (Å²) in [6, 6.07) is 0. The van der Waals surface area contributed by atoms with E-state index in [9.17, 15) is 5.11 Å². The number of hydrogen-bond donors (Lipinski definition) is 2. The van der Waals surface area contributed by atoms with E-state index in [-0.39, 0.29) is 5.41 Å². The Kier molecular flexibility index (Phi) is 2.82. The molecule has 1 aliphatic heterocycles. The van der Waals surface area contributed by atoms with E-state index in [0.717, 1.165) is 25.7 Å². The first kappa shape index (κ1) is 10.4. The summed E-state index contributed by atoms with van der Waals surface area (Å²) in [5, 5.41) is 10.7. The third-order valence-corrected chi connectivity index (χ3v) is 4.26. The minimum Gasteiger partial charge on any atom is -0.389 e. The maximum atomic E-state index is 10.7. The van der Waals surface area contributed by atoms with Crippen LogP contribution in [-0.4, -0.2) is 30.5 Å². The molecule has 14 heavy (non-hydrogen) atoms. The minimum atomic E-state index is -0.545. The Morgan fingerprint density at radius 1 is 1.07 bits per heavy atom. The Morgan fingerprint density at radius 2 is 1.64 bits per heavy atom. The highest BCUT2D eigenvalue weighted by molar-refractivity contribution is 5.02. The van der Waals surface area contributed by atoms with Gasteiger partial charge in [-0.15, -0.1) is 0 Å². The lowest BCUT2D eigenvalue weighted by atomic mass is 9.66. The maximum Gasteiger partial charge on any atom is 0.0759 e. The molecule has 0 aromatic carbocycles. The van der Waals surface area contributed by atoms with Crippen LogP contribution in [0.1, 0.15) is 38.5 Å². The molecule has 0 atom stereocenters. The fourth-order valence-corrected chi connectivity index (χ4v) is 3.15. The summed E-state index contributed by atoms with van der Waals surface area (Å²) in [5.41, 5.74) is 5.34.